The molecule has 4 heterocycles. The van der Waals surface area contributed by atoms with Crippen LogP contribution < -0.4 is 15.2 Å². The standard InChI is InChI=1S/C29H23N7O2.C2H6/c1-37-19-11-7-17(8-12-19)24-25(34-27(30)33-24)29(18-9-13-20(38-2)14-10-18)26-32-22-6-4-3-5-21(22)23-15-16-31-28(35-29)36(23)26;1-2/h3-16H,1-2H3,(H3,30,33,34);1-2H3. The summed E-state index contributed by atoms with van der Waals surface area (Å²) in [5.74, 6) is 3.00. The summed E-state index contributed by atoms with van der Waals surface area (Å²) in [7, 11) is 3.29. The summed E-state index contributed by atoms with van der Waals surface area (Å²) in [4.78, 5) is 25.2. The number of nitrogens with zero attached hydrogens (tertiary/aromatic N) is 5. The normalized spacial score (nSPS) is 18.0. The topological polar surface area (TPSA) is 113 Å². The monoisotopic (exact) mass is 531 g/mol. The second-order valence-corrected chi connectivity index (χ2v) is 9.04. The number of rotatable bonds is 5. The van der Waals surface area contributed by atoms with Crippen LogP contribution in [0.4, 0.5) is 11.6 Å². The highest BCUT2D eigenvalue weighted by atomic mass is 16.5. The van der Waals surface area contributed by atoms with Crippen molar-refractivity contribution in [3.63, 3.8) is 0 Å². The molecule has 1 atom stereocenters. The SMILES string of the molecule is CC.COc1ccc(-c2nc(N)[nH]c2C2(c3ccc(OC)cc3)N=C3N=CC=C4c5ccccc5N=C2N43)cc1. The summed E-state index contributed by atoms with van der Waals surface area (Å²) >= 11 is 0. The lowest BCUT2D eigenvalue weighted by Crippen LogP contribution is -2.43. The number of allylic oxidation sites excluding steroid dienone is 1. The number of aromatic amines is 1. The maximum Gasteiger partial charge on any atom is 0.232 e. The highest BCUT2D eigenvalue weighted by Gasteiger charge is 2.54. The van der Waals surface area contributed by atoms with E-state index in [4.69, 9.17) is 30.2 Å². The van der Waals surface area contributed by atoms with Crippen molar-refractivity contribution < 1.29 is 9.47 Å². The van der Waals surface area contributed by atoms with Crippen molar-refractivity contribution in [2.45, 2.75) is 19.4 Å². The Morgan fingerprint density at radius 3 is 2.25 bits per heavy atom. The van der Waals surface area contributed by atoms with Gasteiger partial charge in [0, 0.05) is 17.3 Å². The average Bonchev–Trinajstić information content (AvgIpc) is 3.57. The van der Waals surface area contributed by atoms with Gasteiger partial charge in [0.1, 0.15) is 11.5 Å². The number of imidazole rings is 1. The predicted octanol–water partition coefficient (Wildman–Crippen LogP) is 5.79. The summed E-state index contributed by atoms with van der Waals surface area (Å²) in [6, 6.07) is 23.6. The number of aliphatic imine (C=N–C) groups is 3. The number of amidine groups is 1. The molecule has 9 heteroatoms. The van der Waals surface area contributed by atoms with Gasteiger partial charge in [0.15, 0.2) is 17.3 Å². The Labute approximate surface area is 232 Å². The minimum absolute atomic E-state index is 0.278. The van der Waals surface area contributed by atoms with Gasteiger partial charge in [-0.15, -0.1) is 0 Å². The molecule has 3 N–H and O–H groups in total. The Hall–Kier alpha value is -5.18. The summed E-state index contributed by atoms with van der Waals surface area (Å²) in [5, 5.41) is 0. The third-order valence-corrected chi connectivity index (χ3v) is 7.03. The highest BCUT2D eigenvalue weighted by molar-refractivity contribution is 6.24. The van der Waals surface area contributed by atoms with Gasteiger partial charge in [-0.05, 0) is 54.1 Å². The number of anilines is 1. The molecule has 0 fully saturated rings. The molecule has 40 heavy (non-hydrogen) atoms. The Balaban J connectivity index is 0.00000142. The molecular weight excluding hydrogens is 502 g/mol. The number of H-pyrrole nitrogens is 1. The van der Waals surface area contributed by atoms with Crippen LogP contribution in [0.2, 0.25) is 0 Å². The van der Waals surface area contributed by atoms with Crippen LogP contribution >= 0.6 is 0 Å². The fourth-order valence-electron chi connectivity index (χ4n) is 5.26. The number of benzene rings is 3. The average molecular weight is 532 g/mol. The van der Waals surface area contributed by atoms with E-state index in [0.29, 0.717) is 23.2 Å². The molecule has 4 aromatic rings. The van der Waals surface area contributed by atoms with Crippen molar-refractivity contribution in [3.05, 3.63) is 95.7 Å². The van der Waals surface area contributed by atoms with Gasteiger partial charge in [-0.1, -0.05) is 44.2 Å². The van der Waals surface area contributed by atoms with Crippen LogP contribution in [-0.2, 0) is 5.54 Å². The predicted molar refractivity (Wildman–Crippen MR) is 159 cm³/mol. The first-order chi connectivity index (χ1) is 19.6. The zero-order valence-electron chi connectivity index (χ0n) is 22.7. The number of guanidine groups is 1. The van der Waals surface area contributed by atoms with Gasteiger partial charge in [0.2, 0.25) is 5.96 Å². The van der Waals surface area contributed by atoms with Crippen LogP contribution in [0.3, 0.4) is 0 Å². The lowest BCUT2D eigenvalue weighted by molar-refractivity contribution is 0.414. The highest BCUT2D eigenvalue weighted by Crippen LogP contribution is 2.50. The fourth-order valence-corrected chi connectivity index (χ4v) is 5.26. The molecule has 3 aromatic carbocycles. The van der Waals surface area contributed by atoms with E-state index in [9.17, 15) is 0 Å². The molecule has 3 aliphatic heterocycles. The number of hydrogen-bond donors (Lipinski definition) is 2. The van der Waals surface area contributed by atoms with Crippen molar-refractivity contribution >= 4 is 35.3 Å². The number of nitrogen functional groups attached to an aromatic ring is 1. The van der Waals surface area contributed by atoms with Gasteiger partial charge in [-0.25, -0.2) is 20.0 Å². The van der Waals surface area contributed by atoms with Crippen molar-refractivity contribution in [1.29, 1.82) is 0 Å². The molecule has 0 saturated heterocycles. The van der Waals surface area contributed by atoms with E-state index in [1.807, 2.05) is 91.6 Å². The minimum atomic E-state index is -1.12. The van der Waals surface area contributed by atoms with Gasteiger partial charge in [0.25, 0.3) is 0 Å². The number of nitrogens with two attached hydrogens (primary N) is 1. The lowest BCUT2D eigenvalue weighted by Gasteiger charge is -2.34. The Morgan fingerprint density at radius 1 is 0.875 bits per heavy atom. The van der Waals surface area contributed by atoms with Crippen LogP contribution in [0.5, 0.6) is 11.5 Å². The van der Waals surface area contributed by atoms with Crippen LogP contribution in [-0.4, -0.2) is 47.1 Å². The van der Waals surface area contributed by atoms with Crippen molar-refractivity contribution in [3.8, 4) is 22.8 Å². The molecule has 0 amide bonds. The molecule has 7 rings (SSSR count). The first-order valence-electron chi connectivity index (χ1n) is 13.1. The number of methoxy groups -OCH3 is 2. The summed E-state index contributed by atoms with van der Waals surface area (Å²) < 4.78 is 10.8. The van der Waals surface area contributed by atoms with Gasteiger partial charge < -0.3 is 20.2 Å². The van der Waals surface area contributed by atoms with Gasteiger partial charge in [-0.2, -0.15) is 0 Å². The van der Waals surface area contributed by atoms with Crippen molar-refractivity contribution in [1.82, 2.24) is 14.9 Å². The number of para-hydroxylation sites is 1. The quantitative estimate of drug-likeness (QED) is 0.339. The van der Waals surface area contributed by atoms with E-state index in [2.05, 4.69) is 16.0 Å². The second kappa shape index (κ2) is 9.85. The van der Waals surface area contributed by atoms with Crippen LogP contribution in [0.15, 0.2) is 93.8 Å². The van der Waals surface area contributed by atoms with Gasteiger partial charge in [-0.3, -0.25) is 4.90 Å². The maximum absolute atomic E-state index is 6.32. The number of hydrogen-bond acceptors (Lipinski definition) is 8. The van der Waals surface area contributed by atoms with E-state index in [0.717, 1.165) is 39.6 Å². The molecule has 0 bridgehead atoms. The molecule has 200 valence electrons. The van der Waals surface area contributed by atoms with E-state index >= 15 is 0 Å². The first-order valence-corrected chi connectivity index (χ1v) is 13.1. The van der Waals surface area contributed by atoms with E-state index < -0.39 is 5.54 Å². The zero-order chi connectivity index (χ0) is 27.9. The number of aromatic nitrogens is 2. The number of nitrogens with one attached hydrogen (secondary N) is 1. The molecule has 3 aliphatic rings. The zero-order valence-corrected chi connectivity index (χ0v) is 22.7. The molecule has 1 unspecified atom stereocenters. The molecule has 0 aliphatic carbocycles. The van der Waals surface area contributed by atoms with E-state index in [1.165, 1.54) is 0 Å². The molecule has 0 saturated carbocycles. The van der Waals surface area contributed by atoms with Crippen molar-refractivity contribution in [2.24, 2.45) is 15.0 Å². The van der Waals surface area contributed by atoms with E-state index in [1.54, 1.807) is 20.4 Å². The molecule has 9 nitrogen and oxygen atoms in total. The molecule has 0 radical (unpaired) electrons. The molecular formula is C31H29N7O2. The van der Waals surface area contributed by atoms with Gasteiger partial charge >= 0.3 is 0 Å². The third kappa shape index (κ3) is 3.70. The van der Waals surface area contributed by atoms with E-state index in [-0.39, 0.29) is 5.95 Å². The van der Waals surface area contributed by atoms with Gasteiger partial charge in [0.05, 0.1) is 37.0 Å². The van der Waals surface area contributed by atoms with Crippen LogP contribution in [0, 0.1) is 0 Å². The number of fused-ring (bicyclic) bond motifs is 2. The fraction of sp³-hybridized carbons (Fsp3) is 0.161. The van der Waals surface area contributed by atoms with Crippen LogP contribution in [0.25, 0.3) is 17.0 Å². The molecule has 1 aromatic heterocycles. The van der Waals surface area contributed by atoms with Crippen molar-refractivity contribution in [2.75, 3.05) is 20.0 Å². The summed E-state index contributed by atoms with van der Waals surface area (Å²) in [6.45, 7) is 4.00. The van der Waals surface area contributed by atoms with Crippen LogP contribution in [0.1, 0.15) is 30.7 Å². The molecule has 0 spiro atoms. The Bertz CT molecular complexity index is 1700. The summed E-state index contributed by atoms with van der Waals surface area (Å²) in [6.07, 6.45) is 3.77. The Morgan fingerprint density at radius 2 is 1.55 bits per heavy atom. The maximum atomic E-state index is 6.32. The second-order valence-electron chi connectivity index (χ2n) is 9.04. The minimum Gasteiger partial charge on any atom is -0.497 e. The summed E-state index contributed by atoms with van der Waals surface area (Å²) in [5.41, 5.74) is 11.1. The smallest absolute Gasteiger partial charge is 0.232 e. The Kier molecular flexibility index (Phi) is 6.18. The number of ether oxygens (including phenoxy) is 2. The third-order valence-electron chi connectivity index (χ3n) is 7.03. The lowest BCUT2D eigenvalue weighted by atomic mass is 9.83. The largest absolute Gasteiger partial charge is 0.497 e. The first kappa shape index (κ1) is 25.1.